The Balaban J connectivity index is 2.24. The van der Waals surface area contributed by atoms with Crippen molar-refractivity contribution in [2.24, 2.45) is 0 Å². The number of allylic oxidation sites excluding steroid dienone is 2. The summed E-state index contributed by atoms with van der Waals surface area (Å²) in [5.74, 6) is 1.16. The zero-order chi connectivity index (χ0) is 7.68. The minimum atomic E-state index is 0.281. The van der Waals surface area contributed by atoms with Crippen LogP contribution in [0.3, 0.4) is 0 Å². The first kappa shape index (κ1) is 6.65. The van der Waals surface area contributed by atoms with E-state index in [1.54, 1.807) is 6.26 Å². The summed E-state index contributed by atoms with van der Waals surface area (Å²) >= 11 is 0. The fraction of sp³-hybridized carbons (Fsp3) is 0.444. The van der Waals surface area contributed by atoms with Gasteiger partial charge in [0.1, 0.15) is 5.76 Å². The molecule has 0 spiro atoms. The van der Waals surface area contributed by atoms with Gasteiger partial charge in [0.05, 0.1) is 6.26 Å². The predicted molar refractivity (Wildman–Crippen MR) is 40.7 cm³/mol. The Morgan fingerprint density at radius 2 is 2.27 bits per heavy atom. The van der Waals surface area contributed by atoms with Crippen LogP contribution >= 0.6 is 0 Å². The predicted octanol–water partition coefficient (Wildman–Crippen LogP) is 1.93. The molecule has 1 aliphatic heterocycles. The maximum Gasteiger partial charge on any atom is 0.162 e. The molecule has 58 valence electrons. The molecule has 0 atom stereocenters. The van der Waals surface area contributed by atoms with Crippen molar-refractivity contribution < 1.29 is 9.53 Å². The van der Waals surface area contributed by atoms with Crippen molar-refractivity contribution in [3.63, 3.8) is 0 Å². The van der Waals surface area contributed by atoms with Crippen molar-refractivity contribution in [1.29, 1.82) is 0 Å². The summed E-state index contributed by atoms with van der Waals surface area (Å²) in [5, 5.41) is 0. The smallest absolute Gasteiger partial charge is 0.162 e. The number of ketones is 1. The molecule has 1 heterocycles. The standard InChI is InChI=1S/C9H10O2/c10-8-4-1-3-7(8)9-5-2-6-11-9/h2,6H,1,3-5H2. The summed E-state index contributed by atoms with van der Waals surface area (Å²) in [6, 6.07) is 0. The molecule has 1 fully saturated rings. The summed E-state index contributed by atoms with van der Waals surface area (Å²) in [6.45, 7) is 0. The fourth-order valence-corrected chi connectivity index (χ4v) is 1.54. The lowest BCUT2D eigenvalue weighted by molar-refractivity contribution is -0.114. The average Bonchev–Trinajstić information content (AvgIpc) is 2.55. The third kappa shape index (κ3) is 1.09. The lowest BCUT2D eigenvalue weighted by Gasteiger charge is -2.00. The highest BCUT2D eigenvalue weighted by Gasteiger charge is 2.22. The van der Waals surface area contributed by atoms with E-state index < -0.39 is 0 Å². The molecule has 1 aliphatic carbocycles. The van der Waals surface area contributed by atoms with Gasteiger partial charge in [-0.15, -0.1) is 0 Å². The molecular formula is C9H10O2. The van der Waals surface area contributed by atoms with E-state index in [1.807, 2.05) is 6.08 Å². The second-order valence-corrected chi connectivity index (χ2v) is 2.87. The van der Waals surface area contributed by atoms with Crippen LogP contribution < -0.4 is 0 Å². The van der Waals surface area contributed by atoms with Gasteiger partial charge in [-0.1, -0.05) is 0 Å². The maximum absolute atomic E-state index is 11.2. The lowest BCUT2D eigenvalue weighted by Crippen LogP contribution is -1.96. The van der Waals surface area contributed by atoms with E-state index in [1.165, 1.54) is 0 Å². The van der Waals surface area contributed by atoms with E-state index in [-0.39, 0.29) is 5.78 Å². The van der Waals surface area contributed by atoms with Crippen molar-refractivity contribution in [1.82, 2.24) is 0 Å². The van der Waals surface area contributed by atoms with Crippen molar-refractivity contribution in [3.8, 4) is 0 Å². The second kappa shape index (κ2) is 2.53. The van der Waals surface area contributed by atoms with Crippen molar-refractivity contribution >= 4 is 5.78 Å². The Kier molecular flexibility index (Phi) is 1.53. The van der Waals surface area contributed by atoms with Gasteiger partial charge < -0.3 is 4.74 Å². The number of carbonyl (C=O) groups is 1. The molecule has 2 rings (SSSR count). The molecule has 0 bridgehead atoms. The largest absolute Gasteiger partial charge is 0.469 e. The highest BCUT2D eigenvalue weighted by molar-refractivity contribution is 5.97. The Hall–Kier alpha value is -1.05. The second-order valence-electron chi connectivity index (χ2n) is 2.87. The summed E-state index contributed by atoms with van der Waals surface area (Å²) in [6.07, 6.45) is 7.03. The van der Waals surface area contributed by atoms with Gasteiger partial charge in [-0.2, -0.15) is 0 Å². The summed E-state index contributed by atoms with van der Waals surface area (Å²) in [5.41, 5.74) is 0.926. The number of Topliss-reactive ketones (excluding diaryl/α,β-unsaturated/α-hetero) is 1. The molecule has 0 saturated heterocycles. The Labute approximate surface area is 65.5 Å². The van der Waals surface area contributed by atoms with E-state index in [0.717, 1.165) is 30.6 Å². The molecule has 0 N–H and O–H groups in total. The van der Waals surface area contributed by atoms with Crippen LogP contribution in [0.1, 0.15) is 25.7 Å². The monoisotopic (exact) mass is 150 g/mol. The SMILES string of the molecule is O=C1CCCC1=C1CC=CO1. The zero-order valence-electron chi connectivity index (χ0n) is 6.30. The van der Waals surface area contributed by atoms with Gasteiger partial charge in [0, 0.05) is 18.4 Å². The molecule has 0 amide bonds. The molecule has 11 heavy (non-hydrogen) atoms. The first-order valence-electron chi connectivity index (χ1n) is 3.95. The highest BCUT2D eigenvalue weighted by atomic mass is 16.5. The first-order chi connectivity index (χ1) is 5.38. The maximum atomic E-state index is 11.2. The molecule has 0 aromatic heterocycles. The molecule has 2 nitrogen and oxygen atoms in total. The van der Waals surface area contributed by atoms with Gasteiger partial charge >= 0.3 is 0 Å². The van der Waals surface area contributed by atoms with Gasteiger partial charge in [0.15, 0.2) is 5.78 Å². The molecule has 0 aromatic rings. The van der Waals surface area contributed by atoms with E-state index in [4.69, 9.17) is 4.74 Å². The van der Waals surface area contributed by atoms with Gasteiger partial charge in [-0.3, -0.25) is 4.79 Å². The van der Waals surface area contributed by atoms with E-state index in [2.05, 4.69) is 0 Å². The van der Waals surface area contributed by atoms with Crippen molar-refractivity contribution in [2.75, 3.05) is 0 Å². The lowest BCUT2D eigenvalue weighted by atomic mass is 10.1. The molecule has 0 aromatic carbocycles. The van der Waals surface area contributed by atoms with Crippen LogP contribution in [0.15, 0.2) is 23.7 Å². The number of ether oxygens (including phenoxy) is 1. The van der Waals surface area contributed by atoms with Crippen LogP contribution in [0.4, 0.5) is 0 Å². The summed E-state index contributed by atoms with van der Waals surface area (Å²) in [4.78, 5) is 11.2. The van der Waals surface area contributed by atoms with Crippen LogP contribution in [0, 0.1) is 0 Å². The normalized spacial score (nSPS) is 29.6. The van der Waals surface area contributed by atoms with Crippen LogP contribution in [0.25, 0.3) is 0 Å². The Morgan fingerprint density at radius 1 is 1.36 bits per heavy atom. The zero-order valence-corrected chi connectivity index (χ0v) is 6.30. The minimum absolute atomic E-state index is 0.281. The minimum Gasteiger partial charge on any atom is -0.469 e. The van der Waals surface area contributed by atoms with Crippen LogP contribution in [0.2, 0.25) is 0 Å². The number of hydrogen-bond acceptors (Lipinski definition) is 2. The highest BCUT2D eigenvalue weighted by Crippen LogP contribution is 2.28. The van der Waals surface area contributed by atoms with E-state index in [9.17, 15) is 4.79 Å². The number of hydrogen-bond donors (Lipinski definition) is 0. The summed E-state index contributed by atoms with van der Waals surface area (Å²) in [7, 11) is 0. The van der Waals surface area contributed by atoms with Crippen molar-refractivity contribution in [3.05, 3.63) is 23.7 Å². The fourth-order valence-electron chi connectivity index (χ4n) is 1.54. The topological polar surface area (TPSA) is 26.3 Å². The van der Waals surface area contributed by atoms with Crippen LogP contribution in [0.5, 0.6) is 0 Å². The Bertz CT molecular complexity index is 238. The third-order valence-electron chi connectivity index (χ3n) is 2.11. The molecule has 1 saturated carbocycles. The first-order valence-corrected chi connectivity index (χ1v) is 3.95. The molecule has 0 unspecified atom stereocenters. The Morgan fingerprint density at radius 3 is 2.82 bits per heavy atom. The number of carbonyl (C=O) groups excluding carboxylic acids is 1. The molecule has 2 aliphatic rings. The van der Waals surface area contributed by atoms with Crippen LogP contribution in [-0.2, 0) is 9.53 Å². The summed E-state index contributed by atoms with van der Waals surface area (Å²) < 4.78 is 5.19. The van der Waals surface area contributed by atoms with Crippen LogP contribution in [-0.4, -0.2) is 5.78 Å². The molecular weight excluding hydrogens is 140 g/mol. The van der Waals surface area contributed by atoms with Gasteiger partial charge in [-0.25, -0.2) is 0 Å². The third-order valence-corrected chi connectivity index (χ3v) is 2.11. The van der Waals surface area contributed by atoms with Gasteiger partial charge in [-0.05, 0) is 18.9 Å². The molecule has 0 radical (unpaired) electrons. The quantitative estimate of drug-likeness (QED) is 0.493. The number of rotatable bonds is 0. The van der Waals surface area contributed by atoms with Gasteiger partial charge in [0.25, 0.3) is 0 Å². The van der Waals surface area contributed by atoms with E-state index >= 15 is 0 Å². The van der Waals surface area contributed by atoms with Crippen molar-refractivity contribution in [2.45, 2.75) is 25.7 Å². The average molecular weight is 150 g/mol. The van der Waals surface area contributed by atoms with Gasteiger partial charge in [0.2, 0.25) is 0 Å². The molecule has 2 heteroatoms. The van der Waals surface area contributed by atoms with E-state index in [0.29, 0.717) is 6.42 Å².